The van der Waals surface area contributed by atoms with Crippen LogP contribution in [0.15, 0.2) is 24.3 Å². The van der Waals surface area contributed by atoms with E-state index in [1.807, 2.05) is 36.1 Å². The summed E-state index contributed by atoms with van der Waals surface area (Å²) in [7, 11) is 0. The van der Waals surface area contributed by atoms with Gasteiger partial charge in [-0.2, -0.15) is 0 Å². The molecule has 1 aromatic rings. The van der Waals surface area contributed by atoms with Gasteiger partial charge in [0.05, 0.1) is 19.8 Å². The van der Waals surface area contributed by atoms with Crippen molar-refractivity contribution in [2.75, 3.05) is 56.6 Å². The highest BCUT2D eigenvalue weighted by molar-refractivity contribution is 5.92. The van der Waals surface area contributed by atoms with E-state index in [1.165, 1.54) is 0 Å². The standard InChI is InChI=1S/C19H28N4O3/c1-15(19(25)23-8-2-3-9-23)20-16-4-6-17(7-5-16)21-18(24)14-22-10-12-26-13-11-22/h4-7,15,20H,2-3,8-14H2,1H3,(H,21,24). The number of carbonyl (C=O) groups excluding carboxylic acids is 2. The van der Waals surface area contributed by atoms with Gasteiger partial charge in [0.15, 0.2) is 0 Å². The lowest BCUT2D eigenvalue weighted by atomic mass is 10.2. The van der Waals surface area contributed by atoms with E-state index in [0.29, 0.717) is 19.8 Å². The fraction of sp³-hybridized carbons (Fsp3) is 0.579. The highest BCUT2D eigenvalue weighted by atomic mass is 16.5. The summed E-state index contributed by atoms with van der Waals surface area (Å²) in [6.45, 7) is 6.93. The maximum atomic E-state index is 12.3. The predicted octanol–water partition coefficient (Wildman–Crippen LogP) is 1.38. The highest BCUT2D eigenvalue weighted by Gasteiger charge is 2.23. The van der Waals surface area contributed by atoms with Gasteiger partial charge in [-0.25, -0.2) is 0 Å². The zero-order valence-corrected chi connectivity index (χ0v) is 15.4. The van der Waals surface area contributed by atoms with E-state index in [4.69, 9.17) is 4.74 Å². The lowest BCUT2D eigenvalue weighted by Crippen LogP contribution is -2.41. The number of hydrogen-bond donors (Lipinski definition) is 2. The minimum Gasteiger partial charge on any atom is -0.379 e. The number of carbonyl (C=O) groups is 2. The predicted molar refractivity (Wildman–Crippen MR) is 101 cm³/mol. The van der Waals surface area contributed by atoms with Gasteiger partial charge in [-0.1, -0.05) is 0 Å². The highest BCUT2D eigenvalue weighted by Crippen LogP contribution is 2.16. The summed E-state index contributed by atoms with van der Waals surface area (Å²) < 4.78 is 5.29. The van der Waals surface area contributed by atoms with Crippen LogP contribution in [-0.2, 0) is 14.3 Å². The maximum absolute atomic E-state index is 12.3. The molecule has 0 aliphatic carbocycles. The molecular formula is C19H28N4O3. The first kappa shape index (κ1) is 18.7. The summed E-state index contributed by atoms with van der Waals surface area (Å²) in [5, 5.41) is 6.15. The molecule has 26 heavy (non-hydrogen) atoms. The second-order valence-corrected chi connectivity index (χ2v) is 6.91. The van der Waals surface area contributed by atoms with Crippen molar-refractivity contribution in [1.29, 1.82) is 0 Å². The first-order valence-corrected chi connectivity index (χ1v) is 9.37. The Morgan fingerprint density at radius 3 is 2.31 bits per heavy atom. The molecule has 0 radical (unpaired) electrons. The molecule has 3 rings (SSSR count). The van der Waals surface area contributed by atoms with Gasteiger partial charge in [0.2, 0.25) is 11.8 Å². The Balaban J connectivity index is 1.46. The fourth-order valence-electron chi connectivity index (χ4n) is 3.34. The molecule has 2 amide bonds. The Morgan fingerprint density at radius 1 is 1.04 bits per heavy atom. The van der Waals surface area contributed by atoms with Gasteiger partial charge in [0.1, 0.15) is 6.04 Å². The molecule has 2 aliphatic rings. The number of nitrogens with one attached hydrogen (secondary N) is 2. The SMILES string of the molecule is CC(Nc1ccc(NC(=O)CN2CCOCC2)cc1)C(=O)N1CCCC1. The van der Waals surface area contributed by atoms with Crippen LogP contribution >= 0.6 is 0 Å². The molecule has 0 saturated carbocycles. The van der Waals surface area contributed by atoms with Crippen LogP contribution < -0.4 is 10.6 Å². The van der Waals surface area contributed by atoms with E-state index >= 15 is 0 Å². The van der Waals surface area contributed by atoms with Gasteiger partial charge in [-0.05, 0) is 44.0 Å². The number of morpholine rings is 1. The van der Waals surface area contributed by atoms with E-state index in [1.54, 1.807) is 0 Å². The molecule has 2 saturated heterocycles. The zero-order chi connectivity index (χ0) is 18.4. The minimum absolute atomic E-state index is 0.0230. The van der Waals surface area contributed by atoms with Crippen molar-refractivity contribution in [3.63, 3.8) is 0 Å². The van der Waals surface area contributed by atoms with Gasteiger partial charge in [0, 0.05) is 37.6 Å². The molecule has 1 unspecified atom stereocenters. The van der Waals surface area contributed by atoms with E-state index in [-0.39, 0.29) is 17.9 Å². The van der Waals surface area contributed by atoms with Crippen molar-refractivity contribution in [1.82, 2.24) is 9.80 Å². The number of amides is 2. The monoisotopic (exact) mass is 360 g/mol. The van der Waals surface area contributed by atoms with Crippen molar-refractivity contribution >= 4 is 23.2 Å². The molecule has 2 N–H and O–H groups in total. The summed E-state index contributed by atoms with van der Waals surface area (Å²) in [5.74, 6) is 0.121. The van der Waals surface area contributed by atoms with Crippen LogP contribution in [0.3, 0.4) is 0 Å². The molecule has 1 aromatic carbocycles. The normalized spacial score (nSPS) is 19.2. The topological polar surface area (TPSA) is 73.9 Å². The second-order valence-electron chi connectivity index (χ2n) is 6.91. The van der Waals surface area contributed by atoms with Crippen molar-refractivity contribution < 1.29 is 14.3 Å². The minimum atomic E-state index is -0.255. The molecule has 7 heteroatoms. The van der Waals surface area contributed by atoms with Crippen LogP contribution in [0, 0.1) is 0 Å². The third-order valence-corrected chi connectivity index (χ3v) is 4.81. The lowest BCUT2D eigenvalue weighted by Gasteiger charge is -2.25. The van der Waals surface area contributed by atoms with Crippen molar-refractivity contribution in [2.45, 2.75) is 25.8 Å². The number of ether oxygens (including phenoxy) is 1. The van der Waals surface area contributed by atoms with Gasteiger partial charge >= 0.3 is 0 Å². The lowest BCUT2D eigenvalue weighted by molar-refractivity contribution is -0.130. The Labute approximate surface area is 154 Å². The summed E-state index contributed by atoms with van der Waals surface area (Å²) >= 11 is 0. The van der Waals surface area contributed by atoms with E-state index in [0.717, 1.165) is 50.4 Å². The summed E-state index contributed by atoms with van der Waals surface area (Å²) in [5.41, 5.74) is 1.63. The van der Waals surface area contributed by atoms with Gasteiger partial charge in [-0.3, -0.25) is 14.5 Å². The molecule has 142 valence electrons. The number of rotatable bonds is 6. The van der Waals surface area contributed by atoms with E-state index in [9.17, 15) is 9.59 Å². The quantitative estimate of drug-likeness (QED) is 0.802. The molecule has 1 atom stereocenters. The number of nitrogens with zero attached hydrogens (tertiary/aromatic N) is 2. The molecule has 0 spiro atoms. The Kier molecular flexibility index (Phi) is 6.46. The molecular weight excluding hydrogens is 332 g/mol. The average molecular weight is 360 g/mol. The number of benzene rings is 1. The number of hydrogen-bond acceptors (Lipinski definition) is 5. The number of likely N-dealkylation sites (tertiary alicyclic amines) is 1. The summed E-state index contributed by atoms with van der Waals surface area (Å²) in [4.78, 5) is 28.5. The molecule has 7 nitrogen and oxygen atoms in total. The molecule has 2 aliphatic heterocycles. The first-order chi connectivity index (χ1) is 12.6. The van der Waals surface area contributed by atoms with Crippen LogP contribution in [0.5, 0.6) is 0 Å². The van der Waals surface area contributed by atoms with Crippen LogP contribution in [0.2, 0.25) is 0 Å². The van der Waals surface area contributed by atoms with Crippen molar-refractivity contribution in [3.05, 3.63) is 24.3 Å². The third kappa shape index (κ3) is 5.19. The smallest absolute Gasteiger partial charge is 0.244 e. The van der Waals surface area contributed by atoms with Crippen molar-refractivity contribution in [3.8, 4) is 0 Å². The van der Waals surface area contributed by atoms with E-state index in [2.05, 4.69) is 15.5 Å². The van der Waals surface area contributed by atoms with Gasteiger partial charge in [0.25, 0.3) is 0 Å². The van der Waals surface area contributed by atoms with Crippen LogP contribution in [0.25, 0.3) is 0 Å². The fourth-order valence-corrected chi connectivity index (χ4v) is 3.34. The van der Waals surface area contributed by atoms with Crippen LogP contribution in [0.4, 0.5) is 11.4 Å². The zero-order valence-electron chi connectivity index (χ0n) is 15.4. The third-order valence-electron chi connectivity index (χ3n) is 4.81. The molecule has 2 fully saturated rings. The Morgan fingerprint density at radius 2 is 1.65 bits per heavy atom. The Hall–Kier alpha value is -2.12. The Bertz CT molecular complexity index is 608. The second kappa shape index (κ2) is 9.00. The summed E-state index contributed by atoms with van der Waals surface area (Å²) in [6.07, 6.45) is 2.19. The van der Waals surface area contributed by atoms with Gasteiger partial charge < -0.3 is 20.3 Å². The molecule has 2 heterocycles. The molecule has 0 aromatic heterocycles. The largest absolute Gasteiger partial charge is 0.379 e. The van der Waals surface area contributed by atoms with Crippen LogP contribution in [0.1, 0.15) is 19.8 Å². The average Bonchev–Trinajstić information content (AvgIpc) is 3.18. The molecule has 0 bridgehead atoms. The van der Waals surface area contributed by atoms with Gasteiger partial charge in [-0.15, -0.1) is 0 Å². The summed E-state index contributed by atoms with van der Waals surface area (Å²) in [6, 6.07) is 7.23. The maximum Gasteiger partial charge on any atom is 0.244 e. The van der Waals surface area contributed by atoms with Crippen LogP contribution in [-0.4, -0.2) is 73.6 Å². The number of anilines is 2. The first-order valence-electron chi connectivity index (χ1n) is 9.37. The van der Waals surface area contributed by atoms with Crippen molar-refractivity contribution in [2.24, 2.45) is 0 Å². The van der Waals surface area contributed by atoms with E-state index < -0.39 is 0 Å².